The normalized spacial score (nSPS) is 17.0. The molecule has 0 spiro atoms. The molecule has 1 amide bonds. The standard InChI is InChI=1S/C21H28ClN3O4/c1-15(2)29-14-21(26)25-8-10-28-20(13-25)19-12-17(24(3)23-19)7-9-27-18-6-4-5-16(22)11-18/h4-6,11-12,15,20H,7-10,13-14H2,1-3H3/t20-/m1/s1. The first-order valence-corrected chi connectivity index (χ1v) is 10.2. The lowest BCUT2D eigenvalue weighted by atomic mass is 10.2. The molecule has 1 aromatic heterocycles. The van der Waals surface area contributed by atoms with Crippen LogP contribution in [0.4, 0.5) is 0 Å². The molecule has 0 radical (unpaired) electrons. The van der Waals surface area contributed by atoms with Gasteiger partial charge in [-0.1, -0.05) is 17.7 Å². The maximum absolute atomic E-state index is 12.3. The molecule has 2 aromatic rings. The van der Waals surface area contributed by atoms with Crippen molar-refractivity contribution in [2.45, 2.75) is 32.5 Å². The first-order chi connectivity index (χ1) is 13.9. The Morgan fingerprint density at radius 1 is 1.38 bits per heavy atom. The van der Waals surface area contributed by atoms with Gasteiger partial charge in [0.2, 0.25) is 5.91 Å². The van der Waals surface area contributed by atoms with E-state index in [-0.39, 0.29) is 24.7 Å². The van der Waals surface area contributed by atoms with E-state index in [9.17, 15) is 4.79 Å². The van der Waals surface area contributed by atoms with Crippen LogP contribution in [0.3, 0.4) is 0 Å². The van der Waals surface area contributed by atoms with Crippen molar-refractivity contribution in [2.24, 2.45) is 7.05 Å². The van der Waals surface area contributed by atoms with Crippen LogP contribution in [0.5, 0.6) is 5.75 Å². The van der Waals surface area contributed by atoms with Crippen LogP contribution in [0.2, 0.25) is 5.02 Å². The number of halogens is 1. The highest BCUT2D eigenvalue weighted by Crippen LogP contribution is 2.23. The van der Waals surface area contributed by atoms with Crippen LogP contribution in [0.15, 0.2) is 30.3 Å². The summed E-state index contributed by atoms with van der Waals surface area (Å²) in [7, 11) is 1.90. The lowest BCUT2D eigenvalue weighted by molar-refractivity contribution is -0.145. The Bertz CT molecular complexity index is 824. The van der Waals surface area contributed by atoms with Crippen LogP contribution >= 0.6 is 11.6 Å². The zero-order valence-corrected chi connectivity index (χ0v) is 17.9. The molecule has 1 atom stereocenters. The van der Waals surface area contributed by atoms with E-state index >= 15 is 0 Å². The topological polar surface area (TPSA) is 65.8 Å². The van der Waals surface area contributed by atoms with Gasteiger partial charge in [-0.15, -0.1) is 0 Å². The second-order valence-corrected chi connectivity index (χ2v) is 7.74. The van der Waals surface area contributed by atoms with Crippen molar-refractivity contribution in [3.8, 4) is 5.75 Å². The maximum atomic E-state index is 12.3. The molecule has 8 heteroatoms. The lowest BCUT2D eigenvalue weighted by Gasteiger charge is -2.32. The molecule has 1 aromatic carbocycles. The number of carbonyl (C=O) groups excluding carboxylic acids is 1. The smallest absolute Gasteiger partial charge is 0.248 e. The van der Waals surface area contributed by atoms with E-state index in [2.05, 4.69) is 5.10 Å². The van der Waals surface area contributed by atoms with E-state index in [4.69, 9.17) is 25.8 Å². The molecule has 7 nitrogen and oxygen atoms in total. The van der Waals surface area contributed by atoms with E-state index in [1.807, 2.05) is 49.8 Å². The summed E-state index contributed by atoms with van der Waals surface area (Å²) < 4.78 is 18.9. The van der Waals surface area contributed by atoms with Crippen LogP contribution in [0.1, 0.15) is 31.3 Å². The minimum atomic E-state index is -0.236. The van der Waals surface area contributed by atoms with Gasteiger partial charge in [-0.25, -0.2) is 0 Å². The van der Waals surface area contributed by atoms with Crippen LogP contribution in [0, 0.1) is 0 Å². The molecule has 0 aliphatic carbocycles. The number of hydrogen-bond acceptors (Lipinski definition) is 5. The van der Waals surface area contributed by atoms with E-state index < -0.39 is 0 Å². The molecule has 158 valence electrons. The van der Waals surface area contributed by atoms with Crippen molar-refractivity contribution in [3.63, 3.8) is 0 Å². The highest BCUT2D eigenvalue weighted by atomic mass is 35.5. The lowest BCUT2D eigenvalue weighted by Crippen LogP contribution is -2.44. The van der Waals surface area contributed by atoms with Crippen molar-refractivity contribution in [3.05, 3.63) is 46.7 Å². The zero-order chi connectivity index (χ0) is 20.8. The summed E-state index contributed by atoms with van der Waals surface area (Å²) in [5.74, 6) is 0.728. The van der Waals surface area contributed by atoms with E-state index in [1.165, 1.54) is 0 Å². The molecule has 1 fully saturated rings. The number of nitrogens with zero attached hydrogens (tertiary/aromatic N) is 3. The fraction of sp³-hybridized carbons (Fsp3) is 0.524. The van der Waals surface area contributed by atoms with Crippen molar-refractivity contribution >= 4 is 17.5 Å². The highest BCUT2D eigenvalue weighted by Gasteiger charge is 2.27. The summed E-state index contributed by atoms with van der Waals surface area (Å²) in [5, 5.41) is 5.24. The fourth-order valence-corrected chi connectivity index (χ4v) is 3.32. The van der Waals surface area contributed by atoms with Gasteiger partial charge in [-0.2, -0.15) is 5.10 Å². The molecule has 1 saturated heterocycles. The molecule has 0 saturated carbocycles. The molecule has 0 unspecified atom stereocenters. The third kappa shape index (κ3) is 6.19. The van der Waals surface area contributed by atoms with Crippen LogP contribution < -0.4 is 4.74 Å². The number of benzene rings is 1. The number of aryl methyl sites for hydroxylation is 1. The van der Waals surface area contributed by atoms with Crippen LogP contribution in [0.25, 0.3) is 0 Å². The van der Waals surface area contributed by atoms with Gasteiger partial charge in [-0.3, -0.25) is 9.48 Å². The SMILES string of the molecule is CC(C)OCC(=O)N1CCO[C@@H](c2cc(CCOc3cccc(Cl)c3)n(C)n2)C1. The van der Waals surface area contributed by atoms with Gasteiger partial charge in [0.15, 0.2) is 0 Å². The third-order valence-corrected chi connectivity index (χ3v) is 4.94. The first kappa shape index (κ1) is 21.6. The third-order valence-electron chi connectivity index (χ3n) is 4.71. The predicted molar refractivity (Wildman–Crippen MR) is 110 cm³/mol. The Hall–Kier alpha value is -2.09. The van der Waals surface area contributed by atoms with Crippen LogP contribution in [-0.2, 0) is 27.7 Å². The van der Waals surface area contributed by atoms with E-state index in [1.54, 1.807) is 11.0 Å². The van der Waals surface area contributed by atoms with Gasteiger partial charge in [0.25, 0.3) is 0 Å². The van der Waals surface area contributed by atoms with Gasteiger partial charge in [0.05, 0.1) is 31.6 Å². The minimum Gasteiger partial charge on any atom is -0.493 e. The number of ether oxygens (including phenoxy) is 3. The highest BCUT2D eigenvalue weighted by molar-refractivity contribution is 6.30. The molecular formula is C21H28ClN3O4. The van der Waals surface area contributed by atoms with Gasteiger partial charge >= 0.3 is 0 Å². The monoisotopic (exact) mass is 421 g/mol. The predicted octanol–water partition coefficient (Wildman–Crippen LogP) is 3.02. The number of carbonyl (C=O) groups is 1. The van der Waals surface area contributed by atoms with Gasteiger partial charge in [-0.05, 0) is 38.1 Å². The Morgan fingerprint density at radius 3 is 2.97 bits per heavy atom. The quantitative estimate of drug-likeness (QED) is 0.655. The summed E-state index contributed by atoms with van der Waals surface area (Å²) >= 11 is 5.98. The maximum Gasteiger partial charge on any atom is 0.248 e. The minimum absolute atomic E-state index is 0.0157. The van der Waals surface area contributed by atoms with Crippen molar-refractivity contribution in [2.75, 3.05) is 32.9 Å². The summed E-state index contributed by atoms with van der Waals surface area (Å²) in [5.41, 5.74) is 1.87. The number of amides is 1. The van der Waals surface area contributed by atoms with Gasteiger partial charge < -0.3 is 19.1 Å². The summed E-state index contributed by atoms with van der Waals surface area (Å²) in [6.45, 7) is 5.99. The van der Waals surface area contributed by atoms with Crippen LogP contribution in [-0.4, -0.2) is 59.6 Å². The van der Waals surface area contributed by atoms with E-state index in [0.29, 0.717) is 37.7 Å². The average Bonchev–Trinajstić information content (AvgIpc) is 3.07. The van der Waals surface area contributed by atoms with Gasteiger partial charge in [0, 0.05) is 30.7 Å². The molecule has 29 heavy (non-hydrogen) atoms. The van der Waals surface area contributed by atoms with Crippen molar-refractivity contribution in [1.82, 2.24) is 14.7 Å². The second kappa shape index (κ2) is 10.1. The summed E-state index contributed by atoms with van der Waals surface area (Å²) in [6, 6.07) is 9.37. The Labute approximate surface area is 176 Å². The molecule has 1 aliphatic heterocycles. The Kier molecular flexibility index (Phi) is 7.52. The van der Waals surface area contributed by atoms with Gasteiger partial charge in [0.1, 0.15) is 18.5 Å². The zero-order valence-electron chi connectivity index (χ0n) is 17.1. The number of rotatable bonds is 8. The molecule has 3 rings (SSSR count). The molecule has 1 aliphatic rings. The summed E-state index contributed by atoms with van der Waals surface area (Å²) in [4.78, 5) is 14.1. The Morgan fingerprint density at radius 2 is 2.21 bits per heavy atom. The molecule has 0 bridgehead atoms. The largest absolute Gasteiger partial charge is 0.493 e. The van der Waals surface area contributed by atoms with Crippen molar-refractivity contribution in [1.29, 1.82) is 0 Å². The average molecular weight is 422 g/mol. The molecule has 0 N–H and O–H groups in total. The molecular weight excluding hydrogens is 394 g/mol. The number of aromatic nitrogens is 2. The molecule has 2 heterocycles. The Balaban J connectivity index is 1.55. The fourth-order valence-electron chi connectivity index (χ4n) is 3.14. The summed E-state index contributed by atoms with van der Waals surface area (Å²) in [6.07, 6.45) is 0.497. The number of morpholine rings is 1. The second-order valence-electron chi connectivity index (χ2n) is 7.30. The van der Waals surface area contributed by atoms with E-state index in [0.717, 1.165) is 17.1 Å². The van der Waals surface area contributed by atoms with Crippen molar-refractivity contribution < 1.29 is 19.0 Å². The number of hydrogen-bond donors (Lipinski definition) is 0. The first-order valence-electron chi connectivity index (χ1n) is 9.84.